The lowest BCUT2D eigenvalue weighted by atomic mass is 10.1. The molecule has 0 unspecified atom stereocenters. The molecule has 23 heavy (non-hydrogen) atoms. The van der Waals surface area contributed by atoms with E-state index in [0.29, 0.717) is 5.78 Å². The molecule has 0 atom stereocenters. The molecule has 4 rings (SSSR count). The maximum absolute atomic E-state index is 4.63. The van der Waals surface area contributed by atoms with Crippen molar-refractivity contribution in [1.82, 2.24) is 19.6 Å². The van der Waals surface area contributed by atoms with E-state index in [-0.39, 0.29) is 0 Å². The predicted molar refractivity (Wildman–Crippen MR) is 91.1 cm³/mol. The van der Waals surface area contributed by atoms with Crippen LogP contribution in [0.3, 0.4) is 0 Å². The van der Waals surface area contributed by atoms with Gasteiger partial charge in [0.25, 0.3) is 5.78 Å². The van der Waals surface area contributed by atoms with Gasteiger partial charge in [-0.05, 0) is 19.9 Å². The molecule has 2 aromatic carbocycles. The minimum Gasteiger partial charge on any atom is -0.211 e. The number of hydrogen-bond acceptors (Lipinski definition) is 3. The standard InChI is InChI=1S/C19H16N4/c1-13-3-7-15(8-4-13)17-11-18(16-9-5-14(2)6-10-16)23-19(22-17)20-12-21-23/h3-12H,1-2H3. The monoisotopic (exact) mass is 300 g/mol. The maximum atomic E-state index is 4.63. The van der Waals surface area contributed by atoms with Gasteiger partial charge in [0.15, 0.2) is 0 Å². The lowest BCUT2D eigenvalue weighted by Crippen LogP contribution is -1.98. The van der Waals surface area contributed by atoms with E-state index in [1.165, 1.54) is 11.1 Å². The summed E-state index contributed by atoms with van der Waals surface area (Å²) in [6.07, 6.45) is 1.54. The highest BCUT2D eigenvalue weighted by molar-refractivity contribution is 5.70. The topological polar surface area (TPSA) is 43.1 Å². The number of nitrogens with zero attached hydrogens (tertiary/aromatic N) is 4. The van der Waals surface area contributed by atoms with Crippen molar-refractivity contribution < 1.29 is 0 Å². The second-order valence-corrected chi connectivity index (χ2v) is 5.73. The average molecular weight is 300 g/mol. The van der Waals surface area contributed by atoms with Crippen LogP contribution in [0.15, 0.2) is 60.9 Å². The SMILES string of the molecule is Cc1ccc(-c2cc(-c3ccc(C)cc3)n3ncnc3n2)cc1. The first-order valence-corrected chi connectivity index (χ1v) is 7.55. The molecule has 0 spiro atoms. The van der Waals surface area contributed by atoms with E-state index >= 15 is 0 Å². The Hall–Kier alpha value is -3.01. The van der Waals surface area contributed by atoms with E-state index in [9.17, 15) is 0 Å². The predicted octanol–water partition coefficient (Wildman–Crippen LogP) is 4.08. The van der Waals surface area contributed by atoms with Gasteiger partial charge in [0.05, 0.1) is 11.4 Å². The Bertz CT molecular complexity index is 967. The first-order valence-electron chi connectivity index (χ1n) is 7.55. The smallest absolute Gasteiger partial charge is 0.211 e. The Labute approximate surface area is 134 Å². The van der Waals surface area contributed by atoms with Crippen molar-refractivity contribution in [3.05, 3.63) is 72.1 Å². The normalized spacial score (nSPS) is 11.0. The molecule has 0 amide bonds. The number of hydrogen-bond donors (Lipinski definition) is 0. The van der Waals surface area contributed by atoms with Crippen molar-refractivity contribution in [1.29, 1.82) is 0 Å². The van der Waals surface area contributed by atoms with Gasteiger partial charge in [0, 0.05) is 11.1 Å². The van der Waals surface area contributed by atoms with Crippen molar-refractivity contribution in [3.8, 4) is 22.5 Å². The molecule has 0 saturated heterocycles. The number of aromatic nitrogens is 4. The molecule has 0 fully saturated rings. The van der Waals surface area contributed by atoms with E-state index in [4.69, 9.17) is 0 Å². The van der Waals surface area contributed by atoms with E-state index < -0.39 is 0 Å². The first kappa shape index (κ1) is 13.6. The molecule has 4 aromatic rings. The quantitative estimate of drug-likeness (QED) is 0.560. The van der Waals surface area contributed by atoms with Gasteiger partial charge in [-0.2, -0.15) is 14.6 Å². The highest BCUT2D eigenvalue weighted by Gasteiger charge is 2.10. The minimum absolute atomic E-state index is 0.610. The summed E-state index contributed by atoms with van der Waals surface area (Å²) in [7, 11) is 0. The summed E-state index contributed by atoms with van der Waals surface area (Å²) in [4.78, 5) is 8.90. The van der Waals surface area contributed by atoms with Crippen molar-refractivity contribution >= 4 is 5.78 Å². The number of aryl methyl sites for hydroxylation is 2. The second kappa shape index (κ2) is 5.32. The van der Waals surface area contributed by atoms with E-state index in [1.807, 2.05) is 0 Å². The van der Waals surface area contributed by atoms with Crippen LogP contribution in [0.1, 0.15) is 11.1 Å². The van der Waals surface area contributed by atoms with Crippen molar-refractivity contribution in [2.75, 3.05) is 0 Å². The molecule has 112 valence electrons. The second-order valence-electron chi connectivity index (χ2n) is 5.73. The molecule has 4 nitrogen and oxygen atoms in total. The average Bonchev–Trinajstić information content (AvgIpc) is 3.04. The van der Waals surface area contributed by atoms with E-state index in [0.717, 1.165) is 22.5 Å². The molecule has 0 aliphatic rings. The van der Waals surface area contributed by atoms with Gasteiger partial charge in [-0.15, -0.1) is 0 Å². The van der Waals surface area contributed by atoms with Crippen LogP contribution < -0.4 is 0 Å². The summed E-state index contributed by atoms with van der Waals surface area (Å²) in [6, 6.07) is 18.8. The Kier molecular flexibility index (Phi) is 3.15. The largest absolute Gasteiger partial charge is 0.253 e. The van der Waals surface area contributed by atoms with Crippen LogP contribution in [-0.2, 0) is 0 Å². The van der Waals surface area contributed by atoms with Gasteiger partial charge in [-0.1, -0.05) is 59.7 Å². The molecule has 0 aliphatic carbocycles. The molecule has 2 heterocycles. The molecule has 0 aliphatic heterocycles. The van der Waals surface area contributed by atoms with Gasteiger partial charge in [-0.3, -0.25) is 0 Å². The third-order valence-electron chi connectivity index (χ3n) is 3.95. The third kappa shape index (κ3) is 2.48. The maximum Gasteiger partial charge on any atom is 0.253 e. The number of rotatable bonds is 2. The number of benzene rings is 2. The van der Waals surface area contributed by atoms with Gasteiger partial charge in [0.2, 0.25) is 0 Å². The summed E-state index contributed by atoms with van der Waals surface area (Å²) in [5, 5.41) is 4.31. The Morgan fingerprint density at radius 3 is 2.04 bits per heavy atom. The zero-order valence-corrected chi connectivity index (χ0v) is 13.1. The lowest BCUT2D eigenvalue weighted by molar-refractivity contribution is 0.949. The number of fused-ring (bicyclic) bond motifs is 1. The van der Waals surface area contributed by atoms with Crippen LogP contribution in [0.5, 0.6) is 0 Å². The van der Waals surface area contributed by atoms with Gasteiger partial charge in [0.1, 0.15) is 6.33 Å². The van der Waals surface area contributed by atoms with Crippen LogP contribution in [0, 0.1) is 13.8 Å². The molecule has 0 N–H and O–H groups in total. The van der Waals surface area contributed by atoms with Gasteiger partial charge in [-0.25, -0.2) is 4.98 Å². The van der Waals surface area contributed by atoms with Crippen LogP contribution in [0.25, 0.3) is 28.3 Å². The molecule has 2 aromatic heterocycles. The zero-order valence-electron chi connectivity index (χ0n) is 13.1. The van der Waals surface area contributed by atoms with Crippen molar-refractivity contribution in [2.24, 2.45) is 0 Å². The highest BCUT2D eigenvalue weighted by Crippen LogP contribution is 2.26. The summed E-state index contributed by atoms with van der Waals surface area (Å²) in [6.45, 7) is 4.16. The van der Waals surface area contributed by atoms with Crippen molar-refractivity contribution in [2.45, 2.75) is 13.8 Å². The Morgan fingerprint density at radius 1 is 0.783 bits per heavy atom. The summed E-state index contributed by atoms with van der Waals surface area (Å²) in [5.74, 6) is 0.610. The zero-order chi connectivity index (χ0) is 15.8. The minimum atomic E-state index is 0.610. The fraction of sp³-hybridized carbons (Fsp3) is 0.105. The third-order valence-corrected chi connectivity index (χ3v) is 3.95. The summed E-state index contributed by atoms with van der Waals surface area (Å²) < 4.78 is 1.78. The van der Waals surface area contributed by atoms with Crippen LogP contribution in [0.2, 0.25) is 0 Å². The fourth-order valence-corrected chi connectivity index (χ4v) is 2.61. The fourth-order valence-electron chi connectivity index (χ4n) is 2.61. The molecule has 4 heteroatoms. The molecular weight excluding hydrogens is 284 g/mol. The summed E-state index contributed by atoms with van der Waals surface area (Å²) >= 11 is 0. The van der Waals surface area contributed by atoms with Crippen LogP contribution >= 0.6 is 0 Å². The van der Waals surface area contributed by atoms with E-state index in [1.54, 1.807) is 10.8 Å². The Balaban J connectivity index is 1.94. The van der Waals surface area contributed by atoms with Crippen LogP contribution in [0.4, 0.5) is 0 Å². The molecule has 0 radical (unpaired) electrons. The molecule has 0 saturated carbocycles. The molecular formula is C19H16N4. The van der Waals surface area contributed by atoms with Crippen molar-refractivity contribution in [3.63, 3.8) is 0 Å². The summed E-state index contributed by atoms with van der Waals surface area (Å²) in [5.41, 5.74) is 6.54. The highest BCUT2D eigenvalue weighted by atomic mass is 15.3. The van der Waals surface area contributed by atoms with E-state index in [2.05, 4.69) is 83.5 Å². The lowest BCUT2D eigenvalue weighted by Gasteiger charge is -2.08. The molecule has 0 bridgehead atoms. The Morgan fingerprint density at radius 2 is 1.39 bits per heavy atom. The first-order chi connectivity index (χ1) is 11.2. The van der Waals surface area contributed by atoms with Gasteiger partial charge < -0.3 is 0 Å². The van der Waals surface area contributed by atoms with Crippen LogP contribution in [-0.4, -0.2) is 19.6 Å². The van der Waals surface area contributed by atoms with Gasteiger partial charge >= 0.3 is 0 Å².